The highest BCUT2D eigenvalue weighted by Gasteiger charge is 2.45. The molecule has 0 aromatic heterocycles. The standard InChI is InChI=1S/C33H41ClN2O6S/c1-20-5-3-7-27(32(38)39)26-11-8-24(26)17-36-18-33(14-4-6-22-15-25(34)10-12-28(22)33)19-42-30-13-9-23(16-29(30)36)31(37)35-43(40,41)21(20)2/h9-10,12-13,15-16,20-21,24,26-27H,3-8,11,14,17-19H2,1-2H3,(H,35,37)(H,38,39)/t20-,21+,24?,26?,27+,33-/m0/s1. The van der Waals surface area contributed by atoms with E-state index < -0.39 is 33.1 Å². The van der Waals surface area contributed by atoms with Crippen molar-refractivity contribution in [3.8, 4) is 5.75 Å². The largest absolute Gasteiger partial charge is 0.490 e. The number of fused-ring (bicyclic) bond motifs is 4. The van der Waals surface area contributed by atoms with Crippen molar-refractivity contribution in [3.05, 3.63) is 58.1 Å². The van der Waals surface area contributed by atoms with Gasteiger partial charge in [0.25, 0.3) is 5.91 Å². The Morgan fingerprint density at radius 2 is 1.91 bits per heavy atom. The third-order valence-corrected chi connectivity index (χ3v) is 12.9. The third-order valence-electron chi connectivity index (χ3n) is 10.8. The Bertz CT molecular complexity index is 1530. The van der Waals surface area contributed by atoms with Crippen LogP contribution >= 0.6 is 11.6 Å². The fourth-order valence-electron chi connectivity index (χ4n) is 7.89. The lowest BCUT2D eigenvalue weighted by molar-refractivity contribution is -0.146. The minimum Gasteiger partial charge on any atom is -0.490 e. The molecule has 4 aliphatic rings. The summed E-state index contributed by atoms with van der Waals surface area (Å²) in [4.78, 5) is 28.1. The lowest BCUT2D eigenvalue weighted by Gasteiger charge is -2.46. The Kier molecular flexibility index (Phi) is 8.18. The monoisotopic (exact) mass is 628 g/mol. The smallest absolute Gasteiger partial charge is 0.306 e. The van der Waals surface area contributed by atoms with E-state index in [-0.39, 0.29) is 28.7 Å². The highest BCUT2D eigenvalue weighted by molar-refractivity contribution is 7.90. The molecule has 232 valence electrons. The van der Waals surface area contributed by atoms with E-state index in [1.807, 2.05) is 19.1 Å². The van der Waals surface area contributed by atoms with E-state index in [1.165, 1.54) is 11.1 Å². The number of carbonyl (C=O) groups is 2. The quantitative estimate of drug-likeness (QED) is 0.410. The molecule has 1 fully saturated rings. The second kappa shape index (κ2) is 11.6. The van der Waals surface area contributed by atoms with E-state index in [0.717, 1.165) is 37.8 Å². The van der Waals surface area contributed by atoms with Gasteiger partial charge in [0.05, 0.1) is 23.5 Å². The van der Waals surface area contributed by atoms with Crippen molar-refractivity contribution in [3.63, 3.8) is 0 Å². The maximum atomic E-state index is 13.4. The number of hydrogen-bond donors (Lipinski definition) is 2. The number of benzene rings is 2. The van der Waals surface area contributed by atoms with Crippen LogP contribution in [0.4, 0.5) is 5.69 Å². The van der Waals surface area contributed by atoms with Crippen LogP contribution in [0.5, 0.6) is 5.75 Å². The van der Waals surface area contributed by atoms with Gasteiger partial charge in [0, 0.05) is 29.1 Å². The van der Waals surface area contributed by atoms with E-state index in [9.17, 15) is 23.1 Å². The molecular weight excluding hydrogens is 588 g/mol. The van der Waals surface area contributed by atoms with Crippen LogP contribution in [0.2, 0.25) is 5.02 Å². The molecule has 43 heavy (non-hydrogen) atoms. The Morgan fingerprint density at radius 3 is 2.65 bits per heavy atom. The lowest BCUT2D eigenvalue weighted by Crippen LogP contribution is -2.49. The van der Waals surface area contributed by atoms with E-state index in [4.69, 9.17) is 16.3 Å². The molecule has 2 N–H and O–H groups in total. The van der Waals surface area contributed by atoms with Crippen LogP contribution in [0.25, 0.3) is 0 Å². The van der Waals surface area contributed by atoms with Gasteiger partial charge < -0.3 is 14.7 Å². The lowest BCUT2D eigenvalue weighted by atomic mass is 9.65. The van der Waals surface area contributed by atoms with Crippen LogP contribution in [0.3, 0.4) is 0 Å². The molecule has 1 saturated carbocycles. The summed E-state index contributed by atoms with van der Waals surface area (Å²) in [5.74, 6) is -1.23. The van der Waals surface area contributed by atoms with Gasteiger partial charge >= 0.3 is 5.97 Å². The number of aliphatic carboxylic acids is 1. The Balaban J connectivity index is 1.43. The van der Waals surface area contributed by atoms with Crippen LogP contribution in [0, 0.1) is 23.7 Å². The second-order valence-electron chi connectivity index (χ2n) is 13.3. The van der Waals surface area contributed by atoms with Crippen molar-refractivity contribution in [1.82, 2.24) is 4.72 Å². The van der Waals surface area contributed by atoms with Gasteiger partial charge in [0.15, 0.2) is 0 Å². The molecule has 2 aromatic rings. The number of anilines is 1. The van der Waals surface area contributed by atoms with Crippen molar-refractivity contribution in [2.24, 2.45) is 23.7 Å². The number of hydrogen-bond acceptors (Lipinski definition) is 6. The summed E-state index contributed by atoms with van der Waals surface area (Å²) >= 11 is 6.38. The molecule has 1 amide bonds. The summed E-state index contributed by atoms with van der Waals surface area (Å²) in [6, 6.07) is 11.2. The third kappa shape index (κ3) is 5.75. The van der Waals surface area contributed by atoms with Crippen LogP contribution in [-0.2, 0) is 26.7 Å². The molecule has 1 spiro atoms. The molecule has 0 saturated heterocycles. The molecule has 8 nitrogen and oxygen atoms in total. The van der Waals surface area contributed by atoms with Gasteiger partial charge in [-0.25, -0.2) is 13.1 Å². The molecule has 10 heteroatoms. The molecule has 2 heterocycles. The summed E-state index contributed by atoms with van der Waals surface area (Å²) in [6.45, 7) is 5.22. The number of carboxylic acid groups (broad SMARTS) is 1. The Hall–Kier alpha value is -2.78. The predicted molar refractivity (Wildman–Crippen MR) is 166 cm³/mol. The van der Waals surface area contributed by atoms with Crippen molar-refractivity contribution < 1.29 is 27.9 Å². The van der Waals surface area contributed by atoms with E-state index >= 15 is 0 Å². The number of halogens is 1. The number of ether oxygens (including phenoxy) is 1. The van der Waals surface area contributed by atoms with Crippen LogP contribution in [0.15, 0.2) is 36.4 Å². The molecule has 0 radical (unpaired) electrons. The summed E-state index contributed by atoms with van der Waals surface area (Å²) in [6.07, 6.45) is 6.41. The summed E-state index contributed by atoms with van der Waals surface area (Å²) in [5, 5.41) is 10.2. The van der Waals surface area contributed by atoms with Crippen molar-refractivity contribution in [2.45, 2.75) is 75.9 Å². The molecule has 2 aliphatic heterocycles. The highest BCUT2D eigenvalue weighted by atomic mass is 35.5. The average Bonchev–Trinajstić information content (AvgIpc) is 3.10. The molecule has 6 rings (SSSR count). The number of aryl methyl sites for hydroxylation is 1. The predicted octanol–water partition coefficient (Wildman–Crippen LogP) is 5.81. The summed E-state index contributed by atoms with van der Waals surface area (Å²) in [7, 11) is -3.95. The van der Waals surface area contributed by atoms with Gasteiger partial charge in [-0.05, 0) is 111 Å². The maximum Gasteiger partial charge on any atom is 0.306 e. The van der Waals surface area contributed by atoms with Gasteiger partial charge in [-0.2, -0.15) is 0 Å². The first-order chi connectivity index (χ1) is 20.5. The number of sulfonamides is 1. The number of carbonyl (C=O) groups excluding carboxylic acids is 1. The fourth-order valence-corrected chi connectivity index (χ4v) is 9.40. The first kappa shape index (κ1) is 30.3. The topological polar surface area (TPSA) is 113 Å². The van der Waals surface area contributed by atoms with Gasteiger partial charge in [-0.1, -0.05) is 31.0 Å². The number of rotatable bonds is 1. The fraction of sp³-hybridized carbons (Fsp3) is 0.576. The molecule has 2 bridgehead atoms. The minimum atomic E-state index is -3.95. The van der Waals surface area contributed by atoms with E-state index in [0.29, 0.717) is 49.7 Å². The molecular formula is C33H41ClN2O6S. The average molecular weight is 629 g/mol. The first-order valence-corrected chi connectivity index (χ1v) is 17.5. The zero-order valence-electron chi connectivity index (χ0n) is 24.9. The van der Waals surface area contributed by atoms with Crippen molar-refractivity contribution >= 4 is 39.2 Å². The maximum absolute atomic E-state index is 13.4. The number of nitrogens with zero attached hydrogens (tertiary/aromatic N) is 1. The number of carboxylic acids is 1. The molecule has 2 unspecified atom stereocenters. The second-order valence-corrected chi connectivity index (χ2v) is 15.8. The zero-order chi connectivity index (χ0) is 30.5. The molecule has 6 atom stereocenters. The van der Waals surface area contributed by atoms with E-state index in [2.05, 4.69) is 15.7 Å². The normalized spacial score (nSPS) is 32.3. The van der Waals surface area contributed by atoms with Gasteiger partial charge in [0.1, 0.15) is 5.75 Å². The summed E-state index contributed by atoms with van der Waals surface area (Å²) in [5.41, 5.74) is 3.14. The highest BCUT2D eigenvalue weighted by Crippen LogP contribution is 2.48. The van der Waals surface area contributed by atoms with Crippen molar-refractivity contribution in [2.75, 3.05) is 24.6 Å². The number of amides is 1. The van der Waals surface area contributed by atoms with Gasteiger partial charge in [-0.3, -0.25) is 9.59 Å². The molecule has 2 aliphatic carbocycles. The Labute approximate surface area is 259 Å². The Morgan fingerprint density at radius 1 is 1.09 bits per heavy atom. The van der Waals surface area contributed by atoms with Crippen LogP contribution in [-0.4, -0.2) is 50.3 Å². The summed E-state index contributed by atoms with van der Waals surface area (Å²) < 4.78 is 35.3. The van der Waals surface area contributed by atoms with Crippen molar-refractivity contribution in [1.29, 1.82) is 0 Å². The van der Waals surface area contributed by atoms with Crippen LogP contribution < -0.4 is 14.4 Å². The molecule has 2 aromatic carbocycles. The van der Waals surface area contributed by atoms with Gasteiger partial charge in [0.2, 0.25) is 10.0 Å². The SMILES string of the molecule is C[C@@H]1[C@@H](C)CCC[C@@H](C(=O)O)C2CCC2CN2C[C@@]3(CCCc4cc(Cl)ccc43)COc3ccc(cc32)C(=O)NS1(=O)=O. The van der Waals surface area contributed by atoms with Gasteiger partial charge in [-0.15, -0.1) is 0 Å². The minimum absolute atomic E-state index is 0.0503. The first-order valence-electron chi connectivity index (χ1n) is 15.6. The zero-order valence-corrected chi connectivity index (χ0v) is 26.4. The van der Waals surface area contributed by atoms with E-state index in [1.54, 1.807) is 25.1 Å². The van der Waals surface area contributed by atoms with Crippen LogP contribution in [0.1, 0.15) is 80.3 Å². The number of nitrogens with one attached hydrogen (secondary N) is 1.